The first-order chi connectivity index (χ1) is 8.22. The van der Waals surface area contributed by atoms with Crippen LogP contribution < -0.4 is 10.3 Å². The summed E-state index contributed by atoms with van der Waals surface area (Å²) in [6.45, 7) is 0. The fourth-order valence-corrected chi connectivity index (χ4v) is 1.37. The third-order valence-corrected chi connectivity index (χ3v) is 2.82. The summed E-state index contributed by atoms with van der Waals surface area (Å²) >= 11 is 0. The number of halogens is 3. The molecule has 0 bridgehead atoms. The summed E-state index contributed by atoms with van der Waals surface area (Å²) in [7, 11) is -5.57. The Balaban J connectivity index is 2.53. The monoisotopic (exact) mass is 282 g/mol. The number of hydrogen-bond donors (Lipinski definition) is 2. The van der Waals surface area contributed by atoms with E-state index in [4.69, 9.17) is 0 Å². The van der Waals surface area contributed by atoms with Gasteiger partial charge in [0.05, 0.1) is 6.42 Å². The van der Waals surface area contributed by atoms with Crippen LogP contribution in [0.4, 0.5) is 13.2 Å². The molecule has 0 radical (unpaired) electrons. The molecule has 0 heterocycles. The summed E-state index contributed by atoms with van der Waals surface area (Å²) in [4.78, 5) is 12.1. The molecule has 18 heavy (non-hydrogen) atoms. The molecule has 1 aromatic rings. The Kier molecular flexibility index (Phi) is 4.30. The Labute approximate surface area is 101 Å². The summed E-state index contributed by atoms with van der Waals surface area (Å²) in [6, 6.07) is 8.15. The van der Waals surface area contributed by atoms with E-state index in [1.807, 2.05) is 0 Å². The number of hydrazine groups is 1. The van der Waals surface area contributed by atoms with Gasteiger partial charge >= 0.3 is 15.5 Å². The lowest BCUT2D eigenvalue weighted by Crippen LogP contribution is -2.47. The van der Waals surface area contributed by atoms with Crippen molar-refractivity contribution in [3.63, 3.8) is 0 Å². The van der Waals surface area contributed by atoms with Gasteiger partial charge in [-0.25, -0.2) is 8.42 Å². The van der Waals surface area contributed by atoms with E-state index in [1.54, 1.807) is 30.3 Å². The van der Waals surface area contributed by atoms with E-state index in [2.05, 4.69) is 0 Å². The molecule has 100 valence electrons. The number of carbonyl (C=O) groups is 1. The predicted octanol–water partition coefficient (Wildman–Crippen LogP) is 0.700. The predicted molar refractivity (Wildman–Crippen MR) is 56.4 cm³/mol. The van der Waals surface area contributed by atoms with Crippen LogP contribution in [0, 0.1) is 0 Å². The molecule has 0 aliphatic carbocycles. The Morgan fingerprint density at radius 3 is 2.22 bits per heavy atom. The summed E-state index contributed by atoms with van der Waals surface area (Å²) in [5.41, 5.74) is -3.44. The third-order valence-electron chi connectivity index (χ3n) is 1.84. The van der Waals surface area contributed by atoms with E-state index in [0.29, 0.717) is 5.56 Å². The van der Waals surface area contributed by atoms with Gasteiger partial charge in [-0.3, -0.25) is 10.2 Å². The fourth-order valence-electron chi connectivity index (χ4n) is 1.01. The van der Waals surface area contributed by atoms with E-state index in [1.165, 1.54) is 5.43 Å². The fraction of sp³-hybridized carbons (Fsp3) is 0.222. The first-order valence-electron chi connectivity index (χ1n) is 4.63. The molecular weight excluding hydrogens is 273 g/mol. The minimum atomic E-state index is -5.57. The molecule has 0 saturated carbocycles. The van der Waals surface area contributed by atoms with Gasteiger partial charge in [0.1, 0.15) is 0 Å². The highest BCUT2D eigenvalue weighted by atomic mass is 32.2. The Bertz CT molecular complexity index is 514. The van der Waals surface area contributed by atoms with Crippen molar-refractivity contribution in [2.24, 2.45) is 0 Å². The molecule has 0 aromatic heterocycles. The van der Waals surface area contributed by atoms with Gasteiger partial charge in [-0.15, -0.1) is 4.83 Å². The second kappa shape index (κ2) is 5.36. The Hall–Kier alpha value is -1.61. The third kappa shape index (κ3) is 4.00. The summed E-state index contributed by atoms with van der Waals surface area (Å²) in [5, 5.41) is 0. The average molecular weight is 282 g/mol. The second-order valence-corrected chi connectivity index (χ2v) is 4.94. The van der Waals surface area contributed by atoms with Crippen molar-refractivity contribution in [2.45, 2.75) is 11.9 Å². The highest BCUT2D eigenvalue weighted by Gasteiger charge is 2.46. The standard InChI is InChI=1S/C9H9F3N2O3S/c10-9(11,12)18(16,17)14-13-8(15)6-7-4-2-1-3-5-7/h1-5,14H,6H2,(H,13,15). The largest absolute Gasteiger partial charge is 0.513 e. The second-order valence-electron chi connectivity index (χ2n) is 3.26. The first-order valence-corrected chi connectivity index (χ1v) is 6.11. The van der Waals surface area contributed by atoms with Crippen molar-refractivity contribution < 1.29 is 26.4 Å². The zero-order valence-electron chi connectivity index (χ0n) is 8.86. The molecule has 0 saturated heterocycles. The van der Waals surface area contributed by atoms with Crippen LogP contribution in [0.15, 0.2) is 30.3 Å². The molecule has 0 aliphatic heterocycles. The van der Waals surface area contributed by atoms with Crippen LogP contribution in [0.2, 0.25) is 0 Å². The summed E-state index contributed by atoms with van der Waals surface area (Å²) in [5.74, 6) is -0.894. The summed E-state index contributed by atoms with van der Waals surface area (Å²) in [6.07, 6.45) is -0.235. The van der Waals surface area contributed by atoms with Crippen molar-refractivity contribution in [2.75, 3.05) is 0 Å². The molecule has 1 aromatic carbocycles. The maximum atomic E-state index is 11.9. The molecule has 9 heteroatoms. The van der Waals surface area contributed by atoms with Crippen molar-refractivity contribution in [3.8, 4) is 0 Å². The molecule has 1 amide bonds. The van der Waals surface area contributed by atoms with Crippen molar-refractivity contribution >= 4 is 15.9 Å². The molecule has 1 rings (SSSR count). The molecule has 0 spiro atoms. The maximum Gasteiger partial charge on any atom is 0.513 e. The van der Waals surface area contributed by atoms with Gasteiger partial charge in [0.2, 0.25) is 5.91 Å². The first kappa shape index (κ1) is 14.5. The quantitative estimate of drug-likeness (QED) is 0.798. The van der Waals surface area contributed by atoms with E-state index < -0.39 is 21.4 Å². The molecule has 0 fully saturated rings. The zero-order chi connectivity index (χ0) is 13.8. The van der Waals surface area contributed by atoms with E-state index in [9.17, 15) is 26.4 Å². The highest BCUT2D eigenvalue weighted by Crippen LogP contribution is 2.20. The van der Waals surface area contributed by atoms with Crippen LogP contribution >= 0.6 is 0 Å². The molecule has 5 nitrogen and oxygen atoms in total. The van der Waals surface area contributed by atoms with Crippen LogP contribution in [0.1, 0.15) is 5.56 Å². The average Bonchev–Trinajstić information content (AvgIpc) is 2.26. The van der Waals surface area contributed by atoms with Crippen LogP contribution in [0.25, 0.3) is 0 Å². The number of hydrogen-bond acceptors (Lipinski definition) is 3. The maximum absolute atomic E-state index is 11.9. The summed E-state index contributed by atoms with van der Waals surface area (Å²) < 4.78 is 56.8. The van der Waals surface area contributed by atoms with Crippen LogP contribution in [0.5, 0.6) is 0 Å². The van der Waals surface area contributed by atoms with Gasteiger partial charge in [-0.2, -0.15) is 13.2 Å². The van der Waals surface area contributed by atoms with E-state index in [0.717, 1.165) is 4.83 Å². The van der Waals surface area contributed by atoms with Crippen molar-refractivity contribution in [1.29, 1.82) is 0 Å². The van der Waals surface area contributed by atoms with Crippen molar-refractivity contribution in [1.82, 2.24) is 10.3 Å². The van der Waals surface area contributed by atoms with Crippen LogP contribution in [-0.2, 0) is 21.2 Å². The van der Waals surface area contributed by atoms with Crippen LogP contribution in [0.3, 0.4) is 0 Å². The smallest absolute Gasteiger partial charge is 0.277 e. The number of carbonyl (C=O) groups excluding carboxylic acids is 1. The number of benzene rings is 1. The molecule has 2 N–H and O–H groups in total. The number of sulfonamides is 1. The van der Waals surface area contributed by atoms with Gasteiger partial charge in [-0.1, -0.05) is 30.3 Å². The zero-order valence-corrected chi connectivity index (χ0v) is 9.68. The van der Waals surface area contributed by atoms with Gasteiger partial charge in [0.25, 0.3) is 0 Å². The van der Waals surface area contributed by atoms with Crippen molar-refractivity contribution in [3.05, 3.63) is 35.9 Å². The molecule has 0 atom stereocenters. The highest BCUT2D eigenvalue weighted by molar-refractivity contribution is 7.90. The Morgan fingerprint density at radius 1 is 1.17 bits per heavy atom. The molecular formula is C9H9F3N2O3S. The number of nitrogens with one attached hydrogen (secondary N) is 2. The van der Waals surface area contributed by atoms with E-state index >= 15 is 0 Å². The minimum Gasteiger partial charge on any atom is -0.277 e. The SMILES string of the molecule is O=C(Cc1ccccc1)NNS(=O)(=O)C(F)(F)F. The molecule has 0 aliphatic rings. The van der Waals surface area contributed by atoms with E-state index in [-0.39, 0.29) is 6.42 Å². The number of rotatable bonds is 4. The number of amides is 1. The lowest BCUT2D eigenvalue weighted by Gasteiger charge is -2.10. The van der Waals surface area contributed by atoms with Gasteiger partial charge in [0, 0.05) is 0 Å². The van der Waals surface area contributed by atoms with Gasteiger partial charge in [0.15, 0.2) is 0 Å². The molecule has 0 unspecified atom stereocenters. The number of alkyl halides is 3. The minimum absolute atomic E-state index is 0.235. The lowest BCUT2D eigenvalue weighted by atomic mass is 10.1. The lowest BCUT2D eigenvalue weighted by molar-refractivity contribution is -0.121. The van der Waals surface area contributed by atoms with Crippen LogP contribution in [-0.4, -0.2) is 19.8 Å². The van der Waals surface area contributed by atoms with Gasteiger partial charge in [-0.05, 0) is 5.56 Å². The normalized spacial score (nSPS) is 12.2. The Morgan fingerprint density at radius 2 is 1.72 bits per heavy atom. The van der Waals surface area contributed by atoms with Gasteiger partial charge < -0.3 is 0 Å². The topological polar surface area (TPSA) is 75.3 Å².